The zero-order valence-electron chi connectivity index (χ0n) is 13.4. The van der Waals surface area contributed by atoms with Crippen molar-refractivity contribution in [2.45, 2.75) is 6.42 Å². The summed E-state index contributed by atoms with van der Waals surface area (Å²) in [6, 6.07) is 15.2. The number of nitriles is 1. The van der Waals surface area contributed by atoms with Gasteiger partial charge < -0.3 is 5.32 Å². The summed E-state index contributed by atoms with van der Waals surface area (Å²) in [6.07, 6.45) is 1.29. The molecule has 0 spiro atoms. The minimum absolute atomic E-state index is 0.238. The number of amides is 1. The van der Waals surface area contributed by atoms with Crippen LogP contribution in [-0.2, 0) is 21.2 Å². The molecule has 0 heterocycles. The first-order valence-corrected chi connectivity index (χ1v) is 9.52. The third-order valence-electron chi connectivity index (χ3n) is 3.33. The smallest absolute Gasteiger partial charge is 0.245 e. The monoisotopic (exact) mass is 377 g/mol. The van der Waals surface area contributed by atoms with E-state index in [1.807, 2.05) is 6.07 Å². The highest BCUT2D eigenvalue weighted by Crippen LogP contribution is 2.27. The standard InChI is InChI=1S/C17H16ClN3O3S/c1-25(23,24)21(16-5-3-2-4-15(16)18)12-17(22)20-14-8-6-13(7-9-14)10-11-19/h2-9H,10,12H2,1H3,(H,20,22). The zero-order chi connectivity index (χ0) is 18.4. The molecule has 2 aromatic carbocycles. The number of carbonyl (C=O) groups is 1. The number of carbonyl (C=O) groups excluding carboxylic acids is 1. The molecule has 2 aromatic rings. The molecule has 0 radical (unpaired) electrons. The zero-order valence-corrected chi connectivity index (χ0v) is 15.0. The molecule has 1 amide bonds. The van der Waals surface area contributed by atoms with Gasteiger partial charge in [-0.2, -0.15) is 5.26 Å². The molecule has 0 bridgehead atoms. The molecule has 0 saturated heterocycles. The molecule has 0 aromatic heterocycles. The van der Waals surface area contributed by atoms with Gasteiger partial charge in [-0.15, -0.1) is 0 Å². The molecular formula is C17H16ClN3O3S. The number of para-hydroxylation sites is 1. The van der Waals surface area contributed by atoms with E-state index in [2.05, 4.69) is 5.32 Å². The number of nitrogens with zero attached hydrogens (tertiary/aromatic N) is 2. The Morgan fingerprint density at radius 1 is 1.20 bits per heavy atom. The first kappa shape index (κ1) is 18.8. The van der Waals surface area contributed by atoms with Crippen LogP contribution in [0.25, 0.3) is 0 Å². The molecule has 0 atom stereocenters. The van der Waals surface area contributed by atoms with Gasteiger partial charge in [-0.1, -0.05) is 35.9 Å². The van der Waals surface area contributed by atoms with E-state index in [9.17, 15) is 13.2 Å². The number of halogens is 1. The molecule has 0 aliphatic rings. The van der Waals surface area contributed by atoms with E-state index in [-0.39, 0.29) is 17.1 Å². The molecule has 0 unspecified atom stereocenters. The van der Waals surface area contributed by atoms with Crippen LogP contribution < -0.4 is 9.62 Å². The maximum atomic E-state index is 12.3. The third-order valence-corrected chi connectivity index (χ3v) is 4.78. The van der Waals surface area contributed by atoms with Crippen molar-refractivity contribution < 1.29 is 13.2 Å². The first-order chi connectivity index (χ1) is 11.8. The van der Waals surface area contributed by atoms with Crippen LogP contribution in [0.2, 0.25) is 5.02 Å². The molecule has 1 N–H and O–H groups in total. The van der Waals surface area contributed by atoms with Gasteiger partial charge in [-0.3, -0.25) is 9.10 Å². The average molecular weight is 378 g/mol. The lowest BCUT2D eigenvalue weighted by atomic mass is 10.1. The van der Waals surface area contributed by atoms with Crippen LogP contribution >= 0.6 is 11.6 Å². The molecule has 0 fully saturated rings. The molecule has 8 heteroatoms. The van der Waals surface area contributed by atoms with Crippen molar-refractivity contribution in [2.75, 3.05) is 22.4 Å². The summed E-state index contributed by atoms with van der Waals surface area (Å²) in [4.78, 5) is 12.3. The van der Waals surface area contributed by atoms with Crippen LogP contribution in [0.1, 0.15) is 5.56 Å². The quantitative estimate of drug-likeness (QED) is 0.838. The number of hydrogen-bond acceptors (Lipinski definition) is 4. The second-order valence-electron chi connectivity index (χ2n) is 5.30. The lowest BCUT2D eigenvalue weighted by molar-refractivity contribution is -0.114. The third kappa shape index (κ3) is 5.21. The number of rotatable bonds is 6. The number of benzene rings is 2. The predicted octanol–water partition coefficient (Wildman–Crippen LogP) is 2.81. The van der Waals surface area contributed by atoms with E-state index in [1.165, 1.54) is 6.07 Å². The second-order valence-corrected chi connectivity index (χ2v) is 7.62. The van der Waals surface area contributed by atoms with Crippen LogP contribution in [-0.4, -0.2) is 27.1 Å². The minimum Gasteiger partial charge on any atom is -0.325 e. The van der Waals surface area contributed by atoms with Crippen molar-refractivity contribution in [1.82, 2.24) is 0 Å². The lowest BCUT2D eigenvalue weighted by Crippen LogP contribution is -2.37. The summed E-state index contributed by atoms with van der Waals surface area (Å²) in [5, 5.41) is 11.5. The topological polar surface area (TPSA) is 90.3 Å². The molecule has 2 rings (SSSR count). The normalized spacial score (nSPS) is 10.8. The number of sulfonamides is 1. The van der Waals surface area contributed by atoms with E-state index in [1.54, 1.807) is 42.5 Å². The van der Waals surface area contributed by atoms with Crippen molar-refractivity contribution in [1.29, 1.82) is 5.26 Å². The minimum atomic E-state index is -3.69. The number of nitrogens with one attached hydrogen (secondary N) is 1. The Labute approximate surface area is 151 Å². The van der Waals surface area contributed by atoms with Crippen molar-refractivity contribution in [2.24, 2.45) is 0 Å². The molecule has 0 saturated carbocycles. The molecule has 0 aliphatic carbocycles. The number of anilines is 2. The maximum Gasteiger partial charge on any atom is 0.245 e. The Bertz CT molecular complexity index is 905. The van der Waals surface area contributed by atoms with Crippen molar-refractivity contribution in [3.05, 3.63) is 59.1 Å². The van der Waals surface area contributed by atoms with E-state index >= 15 is 0 Å². The van der Waals surface area contributed by atoms with E-state index in [4.69, 9.17) is 16.9 Å². The average Bonchev–Trinajstić information content (AvgIpc) is 2.55. The van der Waals surface area contributed by atoms with E-state index in [0.717, 1.165) is 16.1 Å². The van der Waals surface area contributed by atoms with Gasteiger partial charge in [0.25, 0.3) is 0 Å². The summed E-state index contributed by atoms with van der Waals surface area (Å²) < 4.78 is 25.0. The van der Waals surface area contributed by atoms with Crippen molar-refractivity contribution in [3.8, 4) is 6.07 Å². The fraction of sp³-hybridized carbons (Fsp3) is 0.176. The Morgan fingerprint density at radius 3 is 2.40 bits per heavy atom. The molecular weight excluding hydrogens is 362 g/mol. The van der Waals surface area contributed by atoms with Crippen LogP contribution in [0.15, 0.2) is 48.5 Å². The van der Waals surface area contributed by atoms with Crippen LogP contribution in [0, 0.1) is 11.3 Å². The van der Waals surface area contributed by atoms with Crippen LogP contribution in [0.3, 0.4) is 0 Å². The SMILES string of the molecule is CS(=O)(=O)N(CC(=O)Nc1ccc(CC#N)cc1)c1ccccc1Cl. The second kappa shape index (κ2) is 8.01. The van der Waals surface area contributed by atoms with E-state index in [0.29, 0.717) is 5.69 Å². The van der Waals surface area contributed by atoms with E-state index < -0.39 is 22.5 Å². The molecule has 130 valence electrons. The highest BCUT2D eigenvalue weighted by molar-refractivity contribution is 7.92. The molecule has 6 nitrogen and oxygen atoms in total. The lowest BCUT2D eigenvalue weighted by Gasteiger charge is -2.22. The summed E-state index contributed by atoms with van der Waals surface area (Å²) in [5.74, 6) is -0.502. The van der Waals surface area contributed by atoms with Gasteiger partial charge in [0.2, 0.25) is 15.9 Å². The van der Waals surface area contributed by atoms with Crippen LogP contribution in [0.5, 0.6) is 0 Å². The highest BCUT2D eigenvalue weighted by atomic mass is 35.5. The Balaban J connectivity index is 2.15. The van der Waals surface area contributed by atoms with Crippen molar-refractivity contribution >= 4 is 38.9 Å². The van der Waals surface area contributed by atoms with Crippen molar-refractivity contribution in [3.63, 3.8) is 0 Å². The summed E-state index contributed by atoms with van der Waals surface area (Å²) in [5.41, 5.74) is 1.58. The fourth-order valence-electron chi connectivity index (χ4n) is 2.16. The van der Waals surface area contributed by atoms with Crippen LogP contribution in [0.4, 0.5) is 11.4 Å². The van der Waals surface area contributed by atoms with Gasteiger partial charge in [0.15, 0.2) is 0 Å². The largest absolute Gasteiger partial charge is 0.325 e. The van der Waals surface area contributed by atoms with Gasteiger partial charge >= 0.3 is 0 Å². The summed E-state index contributed by atoms with van der Waals surface area (Å²) in [7, 11) is -3.69. The van der Waals surface area contributed by atoms with Gasteiger partial charge in [-0.25, -0.2) is 8.42 Å². The fourth-order valence-corrected chi connectivity index (χ4v) is 3.32. The maximum absolute atomic E-state index is 12.3. The summed E-state index contributed by atoms with van der Waals surface area (Å²) >= 11 is 6.05. The Morgan fingerprint density at radius 2 is 1.84 bits per heavy atom. The van der Waals surface area contributed by atoms with Gasteiger partial charge in [0.05, 0.1) is 29.5 Å². The Kier molecular flexibility index (Phi) is 6.02. The highest BCUT2D eigenvalue weighted by Gasteiger charge is 2.22. The number of hydrogen-bond donors (Lipinski definition) is 1. The Hall–Kier alpha value is -2.56. The van der Waals surface area contributed by atoms with Gasteiger partial charge in [0.1, 0.15) is 6.54 Å². The van der Waals surface area contributed by atoms with Gasteiger partial charge in [-0.05, 0) is 29.8 Å². The molecule has 25 heavy (non-hydrogen) atoms. The first-order valence-electron chi connectivity index (χ1n) is 7.29. The predicted molar refractivity (Wildman–Crippen MR) is 98.0 cm³/mol. The summed E-state index contributed by atoms with van der Waals surface area (Å²) in [6.45, 7) is -0.400. The van der Waals surface area contributed by atoms with Gasteiger partial charge in [0, 0.05) is 5.69 Å². The molecule has 0 aliphatic heterocycles.